The summed E-state index contributed by atoms with van der Waals surface area (Å²) in [6, 6.07) is 99.2. The highest BCUT2D eigenvalue weighted by molar-refractivity contribution is 7.00. The van der Waals surface area contributed by atoms with Crippen molar-refractivity contribution in [3.8, 4) is 50.6 Å². The second-order valence-electron chi connectivity index (χ2n) is 31.3. The maximum absolute atomic E-state index is 7.04. The molecule has 0 unspecified atom stereocenters. The Morgan fingerprint density at radius 2 is 0.798 bits per heavy atom. The van der Waals surface area contributed by atoms with Gasteiger partial charge in [-0.3, -0.25) is 0 Å². The Labute approximate surface area is 610 Å². The van der Waals surface area contributed by atoms with Gasteiger partial charge in [0.25, 0.3) is 6.71 Å². The van der Waals surface area contributed by atoms with Gasteiger partial charge in [-0.05, 0) is 234 Å². The van der Waals surface area contributed by atoms with Gasteiger partial charge in [-0.2, -0.15) is 0 Å². The number of aryl methyl sites for hydroxylation is 7. The highest BCUT2D eigenvalue weighted by Gasteiger charge is 2.46. The normalized spacial score (nSPS) is 12.8. The molecule has 2 aliphatic heterocycles. The Balaban J connectivity index is 0.903. The zero-order chi connectivity index (χ0) is 71.4. The zero-order valence-electron chi connectivity index (χ0n) is 61.6. The summed E-state index contributed by atoms with van der Waals surface area (Å²) in [5.74, 6) is 1.74. The van der Waals surface area contributed by atoms with Crippen LogP contribution in [-0.4, -0.2) is 11.3 Å². The number of para-hydroxylation sites is 4. The topological polar surface area (TPSA) is 40.9 Å². The van der Waals surface area contributed by atoms with Crippen LogP contribution in [0.15, 0.2) is 276 Å². The third-order valence-electron chi connectivity index (χ3n) is 22.1. The van der Waals surface area contributed by atoms with Crippen LogP contribution in [-0.2, 0) is 10.8 Å². The fraction of sp³-hybridized carbons (Fsp3) is 0.155. The van der Waals surface area contributed by atoms with E-state index in [4.69, 9.17) is 8.83 Å². The lowest BCUT2D eigenvalue weighted by Gasteiger charge is -2.46. The predicted molar refractivity (Wildman–Crippen MR) is 441 cm³/mol. The maximum Gasteiger partial charge on any atom is 0.252 e. The first kappa shape index (κ1) is 64.3. The number of anilines is 9. The van der Waals surface area contributed by atoms with E-state index >= 15 is 0 Å². The Morgan fingerprint density at radius 3 is 1.34 bits per heavy atom. The standard InChI is InChI=1S/C97H83BN4O2/c1-58-47-84-90-85(48-58)102(93-61(4)51-68(52-62(93)5)95-89(66-31-19-15-20-32-66)77-37-25-28-40-87(77)104-95)83-57-73(99(91-63(6)53-70(54-64(91)7)97(11,12)13)72-42-44-75-74-35-23-26-38-80(74)100(82(75)56-72)71-33-21-16-22-34-71)43-45-78(83)98(90)79-55-69(96(8,9)10)41-46-81(79)101(84)92-59(2)49-67(50-60(92)3)94-88(65-29-17-14-18-30-65)76-36-24-27-39-86(76)103-94/h14-57H,1-13H3. The molecule has 0 saturated heterocycles. The lowest BCUT2D eigenvalue weighted by Crippen LogP contribution is -2.61. The second-order valence-corrected chi connectivity index (χ2v) is 31.3. The number of hydrogen-bond donors (Lipinski definition) is 0. The van der Waals surface area contributed by atoms with Crippen LogP contribution < -0.4 is 31.1 Å². The molecule has 0 radical (unpaired) electrons. The molecule has 0 amide bonds. The largest absolute Gasteiger partial charge is 0.455 e. The molecule has 13 aromatic carbocycles. The summed E-state index contributed by atoms with van der Waals surface area (Å²) < 4.78 is 16.4. The quantitative estimate of drug-likeness (QED) is 0.128. The van der Waals surface area contributed by atoms with E-state index in [-0.39, 0.29) is 17.5 Å². The molecule has 6 nitrogen and oxygen atoms in total. The first-order valence-corrected chi connectivity index (χ1v) is 36.7. The van der Waals surface area contributed by atoms with Gasteiger partial charge in [-0.15, -0.1) is 0 Å². The van der Waals surface area contributed by atoms with Crippen molar-refractivity contribution in [3.05, 3.63) is 317 Å². The minimum atomic E-state index is -0.164. The third-order valence-corrected chi connectivity index (χ3v) is 22.1. The molecular formula is C97H83BN4O2. The summed E-state index contributed by atoms with van der Waals surface area (Å²) in [5, 5.41) is 4.63. The van der Waals surface area contributed by atoms with Crippen molar-refractivity contribution in [1.29, 1.82) is 0 Å². The SMILES string of the molecule is Cc1cc2c3c(c1)N(c1c(C)cc(-c4oc5ccccc5c4-c4ccccc4)cc1C)c1cc(N(c4ccc5c6ccccc6n(-c6ccccc6)c5c4)c4c(C)cc(C(C)(C)C)cc4C)ccc1B3c1cc(C(C)(C)C)ccc1N2c1c(C)cc(-c2oc3ccccc3c2-c2ccccc2)cc1C. The summed E-state index contributed by atoms with van der Waals surface area (Å²) in [4.78, 5) is 7.82. The van der Waals surface area contributed by atoms with Gasteiger partial charge >= 0.3 is 0 Å². The van der Waals surface area contributed by atoms with Crippen molar-refractivity contribution in [1.82, 2.24) is 4.57 Å². The number of fused-ring (bicyclic) bond motifs is 9. The molecule has 7 heteroatoms. The Kier molecular flexibility index (Phi) is 15.0. The van der Waals surface area contributed by atoms with E-state index in [9.17, 15) is 0 Å². The van der Waals surface area contributed by atoms with Crippen molar-refractivity contribution in [2.24, 2.45) is 0 Å². The Morgan fingerprint density at radius 1 is 0.337 bits per heavy atom. The molecule has 3 aromatic heterocycles. The average Bonchev–Trinajstić information content (AvgIpc) is 1.00. The van der Waals surface area contributed by atoms with Crippen molar-refractivity contribution in [2.45, 2.75) is 101 Å². The highest BCUT2D eigenvalue weighted by Crippen LogP contribution is 2.53. The van der Waals surface area contributed by atoms with Crippen LogP contribution in [0, 0.1) is 48.5 Å². The van der Waals surface area contributed by atoms with Crippen molar-refractivity contribution in [3.63, 3.8) is 0 Å². The molecule has 0 atom stereocenters. The molecule has 0 aliphatic carbocycles. The first-order chi connectivity index (χ1) is 50.2. The fourth-order valence-electron chi connectivity index (χ4n) is 17.5. The highest BCUT2D eigenvalue weighted by atomic mass is 16.3. The molecule has 0 spiro atoms. The Hall–Kier alpha value is -11.8. The molecule has 0 saturated carbocycles. The molecular weight excluding hydrogens is 1260 g/mol. The van der Waals surface area contributed by atoms with E-state index in [1.54, 1.807) is 0 Å². The first-order valence-electron chi connectivity index (χ1n) is 36.7. The van der Waals surface area contributed by atoms with Gasteiger partial charge in [-0.1, -0.05) is 211 Å². The molecule has 0 fully saturated rings. The summed E-state index contributed by atoms with van der Waals surface area (Å²) in [5.41, 5.74) is 36.3. The summed E-state index contributed by atoms with van der Waals surface area (Å²) in [6.45, 7) is 30.0. The second kappa shape index (κ2) is 24.2. The number of nitrogens with zero attached hydrogens (tertiary/aromatic N) is 4. The minimum Gasteiger partial charge on any atom is -0.455 e. The monoisotopic (exact) mass is 1350 g/mol. The van der Waals surface area contributed by atoms with Crippen molar-refractivity contribution in [2.75, 3.05) is 14.7 Å². The van der Waals surface area contributed by atoms with Gasteiger partial charge in [-0.25, -0.2) is 0 Å². The van der Waals surface area contributed by atoms with E-state index in [1.165, 1.54) is 77.6 Å². The van der Waals surface area contributed by atoms with E-state index in [2.05, 4.69) is 376 Å². The van der Waals surface area contributed by atoms with Gasteiger partial charge in [0.15, 0.2) is 0 Å². The van der Waals surface area contributed by atoms with Crippen LogP contribution in [0.25, 0.3) is 94.3 Å². The third kappa shape index (κ3) is 10.3. The fourth-order valence-corrected chi connectivity index (χ4v) is 17.5. The Bertz CT molecular complexity index is 6110. The number of aromatic nitrogens is 1. The number of furan rings is 2. The molecule has 0 bridgehead atoms. The molecule has 2 aliphatic rings. The van der Waals surface area contributed by atoms with Gasteiger partial charge in [0.1, 0.15) is 22.7 Å². The zero-order valence-corrected chi connectivity index (χ0v) is 61.6. The lowest BCUT2D eigenvalue weighted by molar-refractivity contribution is 0.589. The van der Waals surface area contributed by atoms with Crippen LogP contribution in [0.3, 0.4) is 0 Å². The molecule has 0 N–H and O–H groups in total. The summed E-state index contributed by atoms with van der Waals surface area (Å²) in [6.07, 6.45) is 0. The summed E-state index contributed by atoms with van der Waals surface area (Å²) in [7, 11) is 0. The van der Waals surface area contributed by atoms with E-state index in [1.807, 2.05) is 0 Å². The van der Waals surface area contributed by atoms with Crippen LogP contribution in [0.4, 0.5) is 51.2 Å². The van der Waals surface area contributed by atoms with Gasteiger partial charge in [0.2, 0.25) is 0 Å². The van der Waals surface area contributed by atoms with E-state index in [0.29, 0.717) is 0 Å². The van der Waals surface area contributed by atoms with Crippen LogP contribution in [0.5, 0.6) is 0 Å². The van der Waals surface area contributed by atoms with Crippen LogP contribution in [0.1, 0.15) is 91.6 Å². The predicted octanol–water partition coefficient (Wildman–Crippen LogP) is 25.3. The van der Waals surface area contributed by atoms with Gasteiger partial charge in [0.05, 0.1) is 28.1 Å². The van der Waals surface area contributed by atoms with E-state index in [0.717, 1.165) is 134 Å². The van der Waals surface area contributed by atoms with Crippen molar-refractivity contribution < 1.29 is 8.83 Å². The molecule has 104 heavy (non-hydrogen) atoms. The smallest absolute Gasteiger partial charge is 0.252 e. The minimum absolute atomic E-state index is 0.0639. The average molecular weight is 1350 g/mol. The van der Waals surface area contributed by atoms with Crippen molar-refractivity contribution >= 4 is 118 Å². The van der Waals surface area contributed by atoms with Gasteiger partial charge < -0.3 is 28.1 Å². The molecule has 5 heterocycles. The summed E-state index contributed by atoms with van der Waals surface area (Å²) >= 11 is 0. The van der Waals surface area contributed by atoms with Crippen LogP contribution >= 0.6 is 0 Å². The lowest BCUT2D eigenvalue weighted by atomic mass is 9.33. The number of rotatable bonds is 10. The van der Waals surface area contributed by atoms with Gasteiger partial charge in [0, 0.05) is 83.6 Å². The number of benzene rings is 13. The van der Waals surface area contributed by atoms with E-state index < -0.39 is 0 Å². The molecule has 18 rings (SSSR count). The van der Waals surface area contributed by atoms with Crippen LogP contribution in [0.2, 0.25) is 0 Å². The maximum atomic E-state index is 7.04. The molecule has 506 valence electrons. The number of hydrogen-bond acceptors (Lipinski definition) is 5. The molecule has 16 aromatic rings.